The largest absolute Gasteiger partial charge is 0.494 e. The minimum absolute atomic E-state index is 0.0879. The Kier molecular flexibility index (Phi) is 4.39. The van der Waals surface area contributed by atoms with Gasteiger partial charge in [0, 0.05) is 11.1 Å². The van der Waals surface area contributed by atoms with Gasteiger partial charge in [-0.2, -0.15) is 0 Å². The van der Waals surface area contributed by atoms with E-state index >= 15 is 0 Å². The smallest absolute Gasteiger partial charge is 0.262 e. The predicted octanol–water partition coefficient (Wildman–Crippen LogP) is 3.60. The topological polar surface area (TPSA) is 55.4 Å². The van der Waals surface area contributed by atoms with Crippen molar-refractivity contribution in [3.05, 3.63) is 52.8 Å². The van der Waals surface area contributed by atoms with Crippen molar-refractivity contribution in [1.82, 2.24) is 0 Å². The number of rotatable bonds is 4. The minimum atomic E-state index is -3.84. The van der Waals surface area contributed by atoms with Crippen LogP contribution in [0.1, 0.15) is 5.56 Å². The Bertz CT molecular complexity index is 778. The van der Waals surface area contributed by atoms with Gasteiger partial charge in [0.2, 0.25) is 0 Å². The lowest BCUT2D eigenvalue weighted by Crippen LogP contribution is -2.14. The maximum Gasteiger partial charge on any atom is 0.262 e. The first-order chi connectivity index (χ1) is 9.83. The van der Waals surface area contributed by atoms with Crippen molar-refractivity contribution in [3.63, 3.8) is 0 Å². The molecule has 21 heavy (non-hydrogen) atoms. The number of hydrogen-bond acceptors (Lipinski definition) is 3. The lowest BCUT2D eigenvalue weighted by Gasteiger charge is -2.12. The first-order valence-electron chi connectivity index (χ1n) is 5.96. The van der Waals surface area contributed by atoms with Crippen LogP contribution in [0.5, 0.6) is 5.75 Å². The highest BCUT2D eigenvalue weighted by Gasteiger charge is 2.17. The summed E-state index contributed by atoms with van der Waals surface area (Å²) >= 11 is 5.83. The maximum absolute atomic E-state index is 13.3. The average molecular weight is 330 g/mol. The van der Waals surface area contributed by atoms with Gasteiger partial charge >= 0.3 is 0 Å². The molecule has 7 heteroatoms. The Hall–Kier alpha value is -1.79. The quantitative estimate of drug-likeness (QED) is 0.932. The fourth-order valence-electron chi connectivity index (χ4n) is 1.75. The number of anilines is 1. The van der Waals surface area contributed by atoms with E-state index in [2.05, 4.69) is 4.72 Å². The number of aryl methyl sites for hydroxylation is 1. The second-order valence-corrected chi connectivity index (χ2v) is 6.48. The molecular formula is C14H13ClFNO3S. The van der Waals surface area contributed by atoms with Gasteiger partial charge in [-0.25, -0.2) is 12.8 Å². The molecule has 0 radical (unpaired) electrons. The van der Waals surface area contributed by atoms with Crippen LogP contribution in [0.2, 0.25) is 5.02 Å². The van der Waals surface area contributed by atoms with Gasteiger partial charge in [-0.1, -0.05) is 11.6 Å². The fourth-order valence-corrected chi connectivity index (χ4v) is 3.12. The molecule has 0 heterocycles. The zero-order chi connectivity index (χ0) is 15.6. The molecule has 0 atom stereocenters. The second-order valence-electron chi connectivity index (χ2n) is 4.36. The Balaban J connectivity index is 2.38. The maximum atomic E-state index is 13.3. The van der Waals surface area contributed by atoms with E-state index in [9.17, 15) is 12.8 Å². The van der Waals surface area contributed by atoms with Gasteiger partial charge in [-0.15, -0.1) is 0 Å². The van der Waals surface area contributed by atoms with Crippen LogP contribution in [-0.4, -0.2) is 15.5 Å². The molecule has 2 aromatic rings. The lowest BCUT2D eigenvalue weighted by molar-refractivity contribution is 0.385. The van der Waals surface area contributed by atoms with Gasteiger partial charge < -0.3 is 4.74 Å². The normalized spacial score (nSPS) is 11.2. The molecule has 1 N–H and O–H groups in total. The Morgan fingerprint density at radius 1 is 1.19 bits per heavy atom. The third kappa shape index (κ3) is 3.46. The summed E-state index contributed by atoms with van der Waals surface area (Å²) in [4.78, 5) is -0.0879. The molecular weight excluding hydrogens is 317 g/mol. The first kappa shape index (κ1) is 15.6. The summed E-state index contributed by atoms with van der Waals surface area (Å²) in [6.07, 6.45) is 0. The third-order valence-corrected chi connectivity index (χ3v) is 4.46. The monoisotopic (exact) mass is 329 g/mol. The molecule has 112 valence electrons. The van der Waals surface area contributed by atoms with Crippen molar-refractivity contribution in [2.24, 2.45) is 0 Å². The van der Waals surface area contributed by atoms with Crippen molar-refractivity contribution in [2.75, 3.05) is 11.8 Å². The summed E-state index contributed by atoms with van der Waals surface area (Å²) in [6.45, 7) is 1.73. The zero-order valence-electron chi connectivity index (χ0n) is 11.4. The van der Waals surface area contributed by atoms with Crippen LogP contribution in [0.4, 0.5) is 10.1 Å². The van der Waals surface area contributed by atoms with Crippen LogP contribution < -0.4 is 9.46 Å². The van der Waals surface area contributed by atoms with E-state index in [0.29, 0.717) is 16.3 Å². The van der Waals surface area contributed by atoms with Crippen LogP contribution in [0.3, 0.4) is 0 Å². The van der Waals surface area contributed by atoms with E-state index in [1.807, 2.05) is 0 Å². The molecule has 0 saturated heterocycles. The van der Waals surface area contributed by atoms with Gasteiger partial charge in [0.05, 0.1) is 17.7 Å². The Labute approximate surface area is 127 Å². The molecule has 0 amide bonds. The predicted molar refractivity (Wildman–Crippen MR) is 79.9 cm³/mol. The van der Waals surface area contributed by atoms with Crippen LogP contribution in [0.25, 0.3) is 0 Å². The number of nitrogens with one attached hydrogen (secondary N) is 1. The van der Waals surface area contributed by atoms with Crippen molar-refractivity contribution < 1.29 is 17.5 Å². The third-order valence-electron chi connectivity index (χ3n) is 2.87. The Morgan fingerprint density at radius 3 is 2.52 bits per heavy atom. The highest BCUT2D eigenvalue weighted by molar-refractivity contribution is 7.92. The van der Waals surface area contributed by atoms with Crippen LogP contribution >= 0.6 is 11.6 Å². The van der Waals surface area contributed by atoms with Crippen molar-refractivity contribution in [1.29, 1.82) is 0 Å². The van der Waals surface area contributed by atoms with Gasteiger partial charge in [0.15, 0.2) is 11.6 Å². The van der Waals surface area contributed by atoms with E-state index in [4.69, 9.17) is 16.3 Å². The molecule has 0 saturated carbocycles. The first-order valence-corrected chi connectivity index (χ1v) is 7.82. The van der Waals surface area contributed by atoms with Crippen molar-refractivity contribution in [3.8, 4) is 5.75 Å². The molecule has 0 unspecified atom stereocenters. The molecule has 0 fully saturated rings. The summed E-state index contributed by atoms with van der Waals surface area (Å²) < 4.78 is 45.2. The average Bonchev–Trinajstić information content (AvgIpc) is 2.42. The number of halogens is 2. The Morgan fingerprint density at radius 2 is 1.90 bits per heavy atom. The van der Waals surface area contributed by atoms with Gasteiger partial charge in [0.1, 0.15) is 0 Å². The summed E-state index contributed by atoms with van der Waals surface area (Å²) in [5.74, 6) is -0.759. The van der Waals surface area contributed by atoms with Gasteiger partial charge in [-0.3, -0.25) is 4.72 Å². The molecule has 0 aromatic heterocycles. The molecule has 0 aliphatic carbocycles. The number of ether oxygens (including phenoxy) is 1. The molecule has 0 aliphatic heterocycles. The number of hydrogen-bond donors (Lipinski definition) is 1. The molecule has 2 aromatic carbocycles. The zero-order valence-corrected chi connectivity index (χ0v) is 12.9. The number of methoxy groups -OCH3 is 1. The van der Waals surface area contributed by atoms with Crippen molar-refractivity contribution >= 4 is 27.3 Å². The van der Waals surface area contributed by atoms with Crippen LogP contribution in [0.15, 0.2) is 41.3 Å². The lowest BCUT2D eigenvalue weighted by atomic mass is 10.2. The minimum Gasteiger partial charge on any atom is -0.494 e. The van der Waals surface area contributed by atoms with E-state index in [-0.39, 0.29) is 10.6 Å². The van der Waals surface area contributed by atoms with E-state index in [0.717, 1.165) is 12.1 Å². The SMILES string of the molecule is COc1cc(S(=O)(=O)Nc2ccc(Cl)cc2C)ccc1F. The highest BCUT2D eigenvalue weighted by atomic mass is 35.5. The van der Waals surface area contributed by atoms with E-state index in [1.54, 1.807) is 25.1 Å². The molecule has 0 bridgehead atoms. The van der Waals surface area contributed by atoms with Gasteiger partial charge in [-0.05, 0) is 42.8 Å². The standard InChI is InChI=1S/C14H13ClFNO3S/c1-9-7-10(15)3-6-13(9)17-21(18,19)11-4-5-12(16)14(8-11)20-2/h3-8,17H,1-2H3. The van der Waals surface area contributed by atoms with E-state index < -0.39 is 15.8 Å². The number of sulfonamides is 1. The molecule has 0 aliphatic rings. The molecule has 2 rings (SSSR count). The number of benzene rings is 2. The summed E-state index contributed by atoms with van der Waals surface area (Å²) in [5.41, 5.74) is 1.09. The molecule has 4 nitrogen and oxygen atoms in total. The summed E-state index contributed by atoms with van der Waals surface area (Å²) in [6, 6.07) is 8.13. The molecule has 0 spiro atoms. The summed E-state index contributed by atoms with van der Waals surface area (Å²) in [5, 5.41) is 0.513. The van der Waals surface area contributed by atoms with E-state index in [1.165, 1.54) is 13.2 Å². The fraction of sp³-hybridized carbons (Fsp3) is 0.143. The summed E-state index contributed by atoms with van der Waals surface area (Å²) in [7, 11) is -2.57. The van der Waals surface area contributed by atoms with Crippen LogP contribution in [0, 0.1) is 12.7 Å². The van der Waals surface area contributed by atoms with Crippen molar-refractivity contribution in [2.45, 2.75) is 11.8 Å². The second kappa shape index (κ2) is 5.91. The van der Waals surface area contributed by atoms with Crippen LogP contribution in [-0.2, 0) is 10.0 Å². The highest BCUT2D eigenvalue weighted by Crippen LogP contribution is 2.25. The van der Waals surface area contributed by atoms with Gasteiger partial charge in [0.25, 0.3) is 10.0 Å².